The molecule has 2 aliphatic heterocycles. The lowest BCUT2D eigenvalue weighted by molar-refractivity contribution is -0.0482. The summed E-state index contributed by atoms with van der Waals surface area (Å²) in [6.45, 7) is 5.37. The van der Waals surface area contributed by atoms with E-state index in [0.717, 1.165) is 31.7 Å². The number of nitrogens with two attached hydrogens (primary N) is 1. The first-order chi connectivity index (χ1) is 6.90. The van der Waals surface area contributed by atoms with Gasteiger partial charge >= 0.3 is 0 Å². The summed E-state index contributed by atoms with van der Waals surface area (Å²) in [7, 11) is 0. The van der Waals surface area contributed by atoms with Crippen molar-refractivity contribution in [2.24, 2.45) is 11.7 Å². The van der Waals surface area contributed by atoms with E-state index >= 15 is 0 Å². The maximum absolute atomic E-state index is 5.55. The van der Waals surface area contributed by atoms with Crippen LogP contribution >= 0.6 is 0 Å². The lowest BCUT2D eigenvalue weighted by Gasteiger charge is -2.33. The van der Waals surface area contributed by atoms with Crippen molar-refractivity contribution in [3.05, 3.63) is 0 Å². The minimum atomic E-state index is 0.813. The van der Waals surface area contributed by atoms with Gasteiger partial charge in [-0.2, -0.15) is 0 Å². The van der Waals surface area contributed by atoms with Gasteiger partial charge in [-0.05, 0) is 38.8 Å². The van der Waals surface area contributed by atoms with E-state index in [1.165, 1.54) is 38.8 Å². The quantitative estimate of drug-likeness (QED) is 0.711. The van der Waals surface area contributed by atoms with Crippen LogP contribution < -0.4 is 5.73 Å². The fourth-order valence-corrected chi connectivity index (χ4v) is 2.54. The molecule has 2 aliphatic rings. The molecule has 0 aliphatic carbocycles. The summed E-state index contributed by atoms with van der Waals surface area (Å²) in [6.07, 6.45) is 5.24. The van der Waals surface area contributed by atoms with Gasteiger partial charge in [0.15, 0.2) is 0 Å². The van der Waals surface area contributed by atoms with Crippen molar-refractivity contribution < 1.29 is 4.74 Å². The summed E-state index contributed by atoms with van der Waals surface area (Å²) in [5.41, 5.74) is 5.55. The Morgan fingerprint density at radius 2 is 2.21 bits per heavy atom. The molecule has 3 nitrogen and oxygen atoms in total. The number of hydrogen-bond acceptors (Lipinski definition) is 3. The third kappa shape index (κ3) is 2.47. The molecule has 0 aromatic rings. The Bertz CT molecular complexity index is 171. The SMILES string of the molecule is NCCCC1CCCN1CC1COC1. The second-order valence-electron chi connectivity index (χ2n) is 4.63. The molecule has 0 bridgehead atoms. The van der Waals surface area contributed by atoms with Gasteiger partial charge in [0.25, 0.3) is 0 Å². The number of rotatable bonds is 5. The first-order valence-corrected chi connectivity index (χ1v) is 5.92. The Morgan fingerprint density at radius 1 is 1.36 bits per heavy atom. The average Bonchev–Trinajstić information content (AvgIpc) is 2.55. The minimum Gasteiger partial charge on any atom is -0.381 e. The molecule has 14 heavy (non-hydrogen) atoms. The molecule has 0 radical (unpaired) electrons. The second-order valence-corrected chi connectivity index (χ2v) is 4.63. The van der Waals surface area contributed by atoms with Crippen molar-refractivity contribution in [3.8, 4) is 0 Å². The maximum atomic E-state index is 5.55. The summed E-state index contributed by atoms with van der Waals surface area (Å²) in [4.78, 5) is 2.66. The van der Waals surface area contributed by atoms with E-state index in [1.54, 1.807) is 0 Å². The van der Waals surface area contributed by atoms with Crippen molar-refractivity contribution in [2.45, 2.75) is 31.7 Å². The van der Waals surface area contributed by atoms with Crippen LogP contribution in [-0.4, -0.2) is 43.8 Å². The van der Waals surface area contributed by atoms with Crippen LogP contribution in [-0.2, 0) is 4.74 Å². The molecule has 0 aromatic heterocycles. The lowest BCUT2D eigenvalue weighted by Crippen LogP contribution is -2.41. The van der Waals surface area contributed by atoms with Crippen molar-refractivity contribution in [1.82, 2.24) is 4.90 Å². The highest BCUT2D eigenvalue weighted by Gasteiger charge is 2.28. The maximum Gasteiger partial charge on any atom is 0.0528 e. The second kappa shape index (κ2) is 5.10. The van der Waals surface area contributed by atoms with E-state index in [0.29, 0.717) is 0 Å². The molecular formula is C11H22N2O. The zero-order valence-corrected chi connectivity index (χ0v) is 8.95. The number of hydrogen-bond donors (Lipinski definition) is 1. The highest BCUT2D eigenvalue weighted by molar-refractivity contribution is 4.82. The minimum absolute atomic E-state index is 0.813. The number of nitrogens with zero attached hydrogens (tertiary/aromatic N) is 1. The van der Waals surface area contributed by atoms with E-state index in [9.17, 15) is 0 Å². The van der Waals surface area contributed by atoms with Crippen LogP contribution in [0.5, 0.6) is 0 Å². The van der Waals surface area contributed by atoms with Gasteiger partial charge in [0.1, 0.15) is 0 Å². The highest BCUT2D eigenvalue weighted by atomic mass is 16.5. The van der Waals surface area contributed by atoms with Crippen molar-refractivity contribution in [2.75, 3.05) is 32.8 Å². The van der Waals surface area contributed by atoms with E-state index in [1.807, 2.05) is 0 Å². The first-order valence-electron chi connectivity index (χ1n) is 5.92. The predicted octanol–water partition coefficient (Wildman–Crippen LogP) is 0.836. The fourth-order valence-electron chi connectivity index (χ4n) is 2.54. The Labute approximate surface area is 86.6 Å². The van der Waals surface area contributed by atoms with Crippen LogP contribution in [0.15, 0.2) is 0 Å². The Kier molecular flexibility index (Phi) is 3.79. The van der Waals surface area contributed by atoms with Crippen LogP contribution in [0.2, 0.25) is 0 Å². The largest absolute Gasteiger partial charge is 0.381 e. The van der Waals surface area contributed by atoms with Gasteiger partial charge in [-0.3, -0.25) is 4.90 Å². The van der Waals surface area contributed by atoms with E-state index < -0.39 is 0 Å². The topological polar surface area (TPSA) is 38.5 Å². The fraction of sp³-hybridized carbons (Fsp3) is 1.00. The monoisotopic (exact) mass is 198 g/mol. The zero-order valence-electron chi connectivity index (χ0n) is 8.95. The molecular weight excluding hydrogens is 176 g/mol. The summed E-state index contributed by atoms with van der Waals surface area (Å²) < 4.78 is 5.21. The molecule has 0 amide bonds. The Morgan fingerprint density at radius 3 is 2.86 bits per heavy atom. The molecule has 0 saturated carbocycles. The van der Waals surface area contributed by atoms with Gasteiger partial charge in [-0.15, -0.1) is 0 Å². The van der Waals surface area contributed by atoms with E-state index in [4.69, 9.17) is 10.5 Å². The van der Waals surface area contributed by atoms with E-state index in [-0.39, 0.29) is 0 Å². The van der Waals surface area contributed by atoms with Crippen molar-refractivity contribution in [3.63, 3.8) is 0 Å². The Hall–Kier alpha value is -0.120. The summed E-state index contributed by atoms with van der Waals surface area (Å²) in [6, 6.07) is 0.819. The molecule has 0 spiro atoms. The molecule has 3 heteroatoms. The molecule has 82 valence electrons. The van der Waals surface area contributed by atoms with Gasteiger partial charge in [-0.25, -0.2) is 0 Å². The molecule has 2 heterocycles. The third-order valence-electron chi connectivity index (χ3n) is 3.44. The van der Waals surface area contributed by atoms with Crippen molar-refractivity contribution in [1.29, 1.82) is 0 Å². The van der Waals surface area contributed by atoms with Gasteiger partial charge < -0.3 is 10.5 Å². The standard InChI is InChI=1S/C11H22N2O/c12-5-1-3-11-4-2-6-13(11)7-10-8-14-9-10/h10-11H,1-9,12H2. The normalized spacial score (nSPS) is 29.4. The summed E-state index contributed by atoms with van der Waals surface area (Å²) >= 11 is 0. The molecule has 1 unspecified atom stereocenters. The van der Waals surface area contributed by atoms with Crippen LogP contribution in [0.3, 0.4) is 0 Å². The molecule has 0 aromatic carbocycles. The van der Waals surface area contributed by atoms with Gasteiger partial charge in [-0.1, -0.05) is 0 Å². The number of ether oxygens (including phenoxy) is 1. The van der Waals surface area contributed by atoms with Gasteiger partial charge in [0.05, 0.1) is 13.2 Å². The predicted molar refractivity (Wildman–Crippen MR) is 57.2 cm³/mol. The summed E-state index contributed by atoms with van der Waals surface area (Å²) in [5, 5.41) is 0. The third-order valence-corrected chi connectivity index (χ3v) is 3.44. The lowest BCUT2D eigenvalue weighted by atomic mass is 10.1. The van der Waals surface area contributed by atoms with Crippen LogP contribution in [0.4, 0.5) is 0 Å². The molecule has 2 N–H and O–H groups in total. The Balaban J connectivity index is 1.71. The smallest absolute Gasteiger partial charge is 0.0528 e. The molecule has 2 saturated heterocycles. The zero-order chi connectivity index (χ0) is 9.80. The average molecular weight is 198 g/mol. The molecule has 2 rings (SSSR count). The van der Waals surface area contributed by atoms with E-state index in [2.05, 4.69) is 4.90 Å². The van der Waals surface area contributed by atoms with Crippen LogP contribution in [0.1, 0.15) is 25.7 Å². The van der Waals surface area contributed by atoms with Crippen molar-refractivity contribution >= 4 is 0 Å². The van der Waals surface area contributed by atoms with Crippen LogP contribution in [0, 0.1) is 5.92 Å². The molecule has 1 atom stereocenters. The summed E-state index contributed by atoms with van der Waals surface area (Å²) in [5.74, 6) is 0.813. The van der Waals surface area contributed by atoms with Gasteiger partial charge in [0, 0.05) is 18.5 Å². The van der Waals surface area contributed by atoms with Gasteiger partial charge in [0.2, 0.25) is 0 Å². The molecule has 2 fully saturated rings. The number of likely N-dealkylation sites (tertiary alicyclic amines) is 1. The van der Waals surface area contributed by atoms with Crippen LogP contribution in [0.25, 0.3) is 0 Å². The highest BCUT2D eigenvalue weighted by Crippen LogP contribution is 2.24. The first kappa shape index (κ1) is 10.4.